The van der Waals surface area contributed by atoms with Gasteiger partial charge < -0.3 is 15.0 Å². The summed E-state index contributed by atoms with van der Waals surface area (Å²) in [6, 6.07) is 13.9. The second-order valence-electron chi connectivity index (χ2n) is 9.76. The van der Waals surface area contributed by atoms with Crippen LogP contribution in [0.3, 0.4) is 0 Å². The lowest BCUT2D eigenvalue weighted by molar-refractivity contribution is 0.0280. The molecule has 1 saturated carbocycles. The first-order valence-corrected chi connectivity index (χ1v) is 10.8. The number of amides is 1. The lowest BCUT2D eigenvalue weighted by atomic mass is 10.0. The number of halogens is 1. The molecule has 30 heavy (non-hydrogen) atoms. The van der Waals surface area contributed by atoms with Gasteiger partial charge in [-0.25, -0.2) is 9.18 Å². The van der Waals surface area contributed by atoms with E-state index in [0.29, 0.717) is 23.4 Å². The van der Waals surface area contributed by atoms with Gasteiger partial charge >= 0.3 is 6.09 Å². The highest BCUT2D eigenvalue weighted by Gasteiger charge is 2.43. The van der Waals surface area contributed by atoms with Crippen molar-refractivity contribution in [3.05, 3.63) is 53.8 Å². The molecule has 4 rings (SSSR count). The van der Waals surface area contributed by atoms with Crippen LogP contribution >= 0.6 is 0 Å². The van der Waals surface area contributed by atoms with Crippen molar-refractivity contribution in [2.24, 2.45) is 11.8 Å². The molecule has 2 aromatic rings. The Labute approximate surface area is 178 Å². The first-order valence-electron chi connectivity index (χ1n) is 10.8. The third kappa shape index (κ3) is 4.61. The number of aryl methyl sites for hydroxylation is 1. The quantitative estimate of drug-likeness (QED) is 0.689. The Hall–Kier alpha value is -2.56. The van der Waals surface area contributed by atoms with E-state index in [1.165, 1.54) is 0 Å². The Morgan fingerprint density at radius 1 is 1.07 bits per heavy atom. The molecular weight excluding hydrogens is 379 g/mol. The maximum Gasteiger partial charge on any atom is 0.410 e. The standard InChI is InChI=1S/C25H31FN2O2/c1-16-8-9-18(13-23(16)26)17-6-5-7-21(10-17)27-22-11-19-14-28(15-20(19)12-22)24(29)30-25(2,3)4/h5-10,13,19-20,22,27H,11-12,14-15H2,1-4H3/t19-,20+,22?. The molecule has 2 aliphatic rings. The molecule has 1 N–H and O–H groups in total. The number of carbonyl (C=O) groups excluding carboxylic acids is 1. The molecule has 1 heterocycles. The minimum absolute atomic E-state index is 0.177. The predicted molar refractivity (Wildman–Crippen MR) is 118 cm³/mol. The van der Waals surface area contributed by atoms with Crippen molar-refractivity contribution in [2.75, 3.05) is 18.4 Å². The van der Waals surface area contributed by atoms with Gasteiger partial charge in [-0.1, -0.05) is 24.3 Å². The molecule has 1 saturated heterocycles. The molecular formula is C25H31FN2O2. The molecule has 1 aliphatic carbocycles. The number of carbonyl (C=O) groups is 1. The summed E-state index contributed by atoms with van der Waals surface area (Å²) in [7, 11) is 0. The Balaban J connectivity index is 1.36. The van der Waals surface area contributed by atoms with Crippen LogP contribution in [-0.2, 0) is 4.74 Å². The SMILES string of the molecule is Cc1ccc(-c2cccc(NC3C[C@@H]4CN(C(=O)OC(C)(C)C)C[C@@H]4C3)c2)cc1F. The first-order chi connectivity index (χ1) is 14.2. The van der Waals surface area contributed by atoms with Crippen LogP contribution in [0, 0.1) is 24.6 Å². The lowest BCUT2D eigenvalue weighted by Gasteiger charge is -2.25. The van der Waals surface area contributed by atoms with Gasteiger partial charge in [0, 0.05) is 24.8 Å². The van der Waals surface area contributed by atoms with Crippen LogP contribution in [0.5, 0.6) is 0 Å². The number of nitrogens with one attached hydrogen (secondary N) is 1. The normalized spacial score (nSPS) is 23.4. The van der Waals surface area contributed by atoms with E-state index in [9.17, 15) is 9.18 Å². The molecule has 4 nitrogen and oxygen atoms in total. The zero-order valence-corrected chi connectivity index (χ0v) is 18.2. The van der Waals surface area contributed by atoms with E-state index in [2.05, 4.69) is 17.4 Å². The molecule has 5 heteroatoms. The number of benzene rings is 2. The van der Waals surface area contributed by atoms with E-state index in [1.54, 1.807) is 13.0 Å². The van der Waals surface area contributed by atoms with Crippen LogP contribution in [-0.4, -0.2) is 35.7 Å². The largest absolute Gasteiger partial charge is 0.444 e. The number of fused-ring (bicyclic) bond motifs is 1. The highest BCUT2D eigenvalue weighted by Crippen LogP contribution is 2.40. The second kappa shape index (κ2) is 7.93. The van der Waals surface area contributed by atoms with E-state index >= 15 is 0 Å². The van der Waals surface area contributed by atoms with Crippen LogP contribution in [0.15, 0.2) is 42.5 Å². The fourth-order valence-corrected chi connectivity index (χ4v) is 4.69. The zero-order valence-electron chi connectivity index (χ0n) is 18.2. The van der Waals surface area contributed by atoms with E-state index in [-0.39, 0.29) is 11.9 Å². The minimum atomic E-state index is -0.454. The van der Waals surface area contributed by atoms with E-state index in [1.807, 2.05) is 49.9 Å². The van der Waals surface area contributed by atoms with Crippen LogP contribution < -0.4 is 5.32 Å². The maximum atomic E-state index is 14.0. The summed E-state index contributed by atoms with van der Waals surface area (Å²) in [4.78, 5) is 14.2. The van der Waals surface area contributed by atoms with Gasteiger partial charge in [-0.3, -0.25) is 0 Å². The Bertz CT molecular complexity index is 923. The van der Waals surface area contributed by atoms with Crippen molar-refractivity contribution in [3.8, 4) is 11.1 Å². The fraction of sp³-hybridized carbons (Fsp3) is 0.480. The van der Waals surface area contributed by atoms with Crippen LogP contribution in [0.25, 0.3) is 11.1 Å². The Kier molecular flexibility index (Phi) is 5.48. The molecule has 3 atom stereocenters. The molecule has 0 radical (unpaired) electrons. The third-order valence-electron chi connectivity index (χ3n) is 6.14. The van der Waals surface area contributed by atoms with Gasteiger partial charge in [-0.15, -0.1) is 0 Å². The molecule has 1 aliphatic heterocycles. The van der Waals surface area contributed by atoms with Gasteiger partial charge in [0.1, 0.15) is 11.4 Å². The molecule has 0 bridgehead atoms. The van der Waals surface area contributed by atoms with Gasteiger partial charge in [-0.05, 0) is 87.3 Å². The molecule has 2 fully saturated rings. The summed E-state index contributed by atoms with van der Waals surface area (Å²) in [5.41, 5.74) is 3.16. The minimum Gasteiger partial charge on any atom is -0.444 e. The molecule has 1 unspecified atom stereocenters. The molecule has 0 spiro atoms. The average molecular weight is 411 g/mol. The Morgan fingerprint density at radius 2 is 1.73 bits per heavy atom. The summed E-state index contributed by atoms with van der Waals surface area (Å²) >= 11 is 0. The molecule has 0 aromatic heterocycles. The van der Waals surface area contributed by atoms with Crippen molar-refractivity contribution in [1.82, 2.24) is 4.90 Å². The van der Waals surface area contributed by atoms with Crippen LogP contribution in [0.4, 0.5) is 14.9 Å². The molecule has 160 valence electrons. The number of hydrogen-bond donors (Lipinski definition) is 1. The summed E-state index contributed by atoms with van der Waals surface area (Å²) in [6.45, 7) is 9.04. The van der Waals surface area contributed by atoms with Crippen molar-refractivity contribution in [3.63, 3.8) is 0 Å². The van der Waals surface area contributed by atoms with Crippen molar-refractivity contribution < 1.29 is 13.9 Å². The molecule has 1 amide bonds. The van der Waals surface area contributed by atoms with Gasteiger partial charge in [0.2, 0.25) is 0 Å². The average Bonchev–Trinajstić information content (AvgIpc) is 3.21. The summed E-state index contributed by atoms with van der Waals surface area (Å²) in [5.74, 6) is 0.859. The highest BCUT2D eigenvalue weighted by molar-refractivity contribution is 5.69. The number of likely N-dealkylation sites (tertiary alicyclic amines) is 1. The van der Waals surface area contributed by atoms with E-state index in [0.717, 1.165) is 42.7 Å². The summed E-state index contributed by atoms with van der Waals surface area (Å²) in [6.07, 6.45) is 1.90. The Morgan fingerprint density at radius 3 is 2.37 bits per heavy atom. The number of rotatable bonds is 3. The van der Waals surface area contributed by atoms with Crippen molar-refractivity contribution in [1.29, 1.82) is 0 Å². The second-order valence-corrected chi connectivity index (χ2v) is 9.76. The summed E-state index contributed by atoms with van der Waals surface area (Å²) < 4.78 is 19.5. The van der Waals surface area contributed by atoms with Crippen LogP contribution in [0.1, 0.15) is 39.2 Å². The number of anilines is 1. The monoisotopic (exact) mass is 410 g/mol. The number of hydrogen-bond acceptors (Lipinski definition) is 3. The smallest absolute Gasteiger partial charge is 0.410 e. The summed E-state index contributed by atoms with van der Waals surface area (Å²) in [5, 5.41) is 3.66. The zero-order chi connectivity index (χ0) is 21.5. The fourth-order valence-electron chi connectivity index (χ4n) is 4.69. The topological polar surface area (TPSA) is 41.6 Å². The van der Waals surface area contributed by atoms with Gasteiger partial charge in [0.05, 0.1) is 0 Å². The van der Waals surface area contributed by atoms with Gasteiger partial charge in [-0.2, -0.15) is 0 Å². The number of ether oxygens (including phenoxy) is 1. The maximum absolute atomic E-state index is 14.0. The highest BCUT2D eigenvalue weighted by atomic mass is 19.1. The van der Waals surface area contributed by atoms with Gasteiger partial charge in [0.25, 0.3) is 0 Å². The first kappa shape index (κ1) is 20.7. The van der Waals surface area contributed by atoms with E-state index < -0.39 is 5.60 Å². The molecule has 2 aromatic carbocycles. The van der Waals surface area contributed by atoms with E-state index in [4.69, 9.17) is 4.74 Å². The number of nitrogens with zero attached hydrogens (tertiary/aromatic N) is 1. The van der Waals surface area contributed by atoms with Crippen molar-refractivity contribution >= 4 is 11.8 Å². The lowest BCUT2D eigenvalue weighted by Crippen LogP contribution is -2.36. The van der Waals surface area contributed by atoms with Crippen molar-refractivity contribution in [2.45, 2.75) is 52.2 Å². The third-order valence-corrected chi connectivity index (χ3v) is 6.14. The van der Waals surface area contributed by atoms with Gasteiger partial charge in [0.15, 0.2) is 0 Å². The predicted octanol–water partition coefficient (Wildman–Crippen LogP) is 5.86. The van der Waals surface area contributed by atoms with Crippen LogP contribution in [0.2, 0.25) is 0 Å².